The van der Waals surface area contributed by atoms with Crippen molar-refractivity contribution in [3.63, 3.8) is 0 Å². The second kappa shape index (κ2) is 6.93. The molecule has 0 aliphatic heterocycles. The maximum absolute atomic E-state index is 13.2. The van der Waals surface area contributed by atoms with E-state index in [9.17, 15) is 22.8 Å². The molecule has 0 saturated heterocycles. The largest absolute Gasteiger partial charge is 0.443 e. The smallest absolute Gasteiger partial charge is 0.426 e. The second-order valence-corrected chi connectivity index (χ2v) is 7.47. The van der Waals surface area contributed by atoms with Crippen LogP contribution in [-0.2, 0) is 10.9 Å². The van der Waals surface area contributed by atoms with Crippen molar-refractivity contribution < 1.29 is 27.5 Å². The monoisotopic (exact) mass is 360 g/mol. The lowest BCUT2D eigenvalue weighted by Crippen LogP contribution is -2.56. The molecule has 2 amide bonds. The van der Waals surface area contributed by atoms with Crippen LogP contribution in [-0.4, -0.2) is 28.1 Å². The molecule has 0 unspecified atom stereocenters. The van der Waals surface area contributed by atoms with Crippen LogP contribution >= 0.6 is 0 Å². The van der Waals surface area contributed by atoms with Gasteiger partial charge in [0.2, 0.25) is 0 Å². The number of ether oxygens (including phenoxy) is 1. The fraction of sp³-hybridized carbons (Fsp3) is 0.529. The topological polar surface area (TPSA) is 58.6 Å². The van der Waals surface area contributed by atoms with Gasteiger partial charge in [0.25, 0.3) is 5.91 Å². The summed E-state index contributed by atoms with van der Waals surface area (Å²) in [6.45, 7) is 9.65. The Balaban J connectivity index is 3.22. The van der Waals surface area contributed by atoms with Gasteiger partial charge in [-0.2, -0.15) is 13.2 Å². The summed E-state index contributed by atoms with van der Waals surface area (Å²) in [5, 5.41) is 0.839. The molecule has 0 heterocycles. The van der Waals surface area contributed by atoms with E-state index in [-0.39, 0.29) is 0 Å². The average Bonchev–Trinajstić information content (AvgIpc) is 2.40. The fourth-order valence-electron chi connectivity index (χ4n) is 1.95. The number of benzene rings is 1. The third kappa shape index (κ3) is 5.95. The molecule has 0 saturated carbocycles. The highest BCUT2D eigenvalue weighted by Crippen LogP contribution is 2.33. The first-order valence-corrected chi connectivity index (χ1v) is 7.63. The van der Waals surface area contributed by atoms with E-state index < -0.39 is 40.4 Å². The molecule has 8 heteroatoms. The second-order valence-electron chi connectivity index (χ2n) is 7.47. The quantitative estimate of drug-likeness (QED) is 0.756. The number of carbonyl (C=O) groups excluding carboxylic acids is 2. The van der Waals surface area contributed by atoms with E-state index in [4.69, 9.17) is 4.74 Å². The molecule has 1 rings (SSSR count). The minimum absolute atomic E-state index is 0.555. The third-order valence-electron chi connectivity index (χ3n) is 2.94. The minimum atomic E-state index is -4.69. The van der Waals surface area contributed by atoms with Crippen LogP contribution in [0.25, 0.3) is 0 Å². The molecular weight excluding hydrogens is 337 g/mol. The normalized spacial score (nSPS) is 12.5. The van der Waals surface area contributed by atoms with E-state index in [1.54, 1.807) is 41.5 Å². The summed E-state index contributed by atoms with van der Waals surface area (Å²) >= 11 is 0. The molecule has 0 aromatic heterocycles. The van der Waals surface area contributed by atoms with Gasteiger partial charge in [-0.05, 0) is 53.7 Å². The Morgan fingerprint density at radius 2 is 1.52 bits per heavy atom. The molecule has 1 N–H and O–H groups in total. The Morgan fingerprint density at radius 1 is 1.00 bits per heavy atom. The summed E-state index contributed by atoms with van der Waals surface area (Å²) in [5.41, 5.74) is -1.18. The summed E-state index contributed by atoms with van der Waals surface area (Å²) in [4.78, 5) is 24.7. The highest BCUT2D eigenvalue weighted by atomic mass is 19.4. The first-order chi connectivity index (χ1) is 11.1. The molecule has 0 bridgehead atoms. The molecule has 0 aliphatic carbocycles. The minimum Gasteiger partial charge on any atom is -0.443 e. The molecule has 0 radical (unpaired) electrons. The van der Waals surface area contributed by atoms with Crippen LogP contribution in [0.4, 0.5) is 18.0 Å². The first kappa shape index (κ1) is 20.8. The van der Waals surface area contributed by atoms with E-state index >= 15 is 0 Å². The van der Waals surface area contributed by atoms with Gasteiger partial charge < -0.3 is 4.74 Å². The Bertz CT molecular complexity index is 644. The van der Waals surface area contributed by atoms with Crippen molar-refractivity contribution in [3.05, 3.63) is 35.4 Å². The van der Waals surface area contributed by atoms with Crippen LogP contribution in [0.1, 0.15) is 57.5 Å². The number of hydrazine groups is 1. The first-order valence-electron chi connectivity index (χ1n) is 7.63. The Kier molecular flexibility index (Phi) is 5.77. The maximum atomic E-state index is 13.2. The van der Waals surface area contributed by atoms with Crippen molar-refractivity contribution in [2.24, 2.45) is 0 Å². The average molecular weight is 360 g/mol. The summed E-state index contributed by atoms with van der Waals surface area (Å²) in [5.74, 6) is -0.980. The van der Waals surface area contributed by atoms with Crippen molar-refractivity contribution in [1.29, 1.82) is 0 Å². The zero-order chi connectivity index (χ0) is 19.6. The van der Waals surface area contributed by atoms with Crippen LogP contribution in [0.2, 0.25) is 0 Å². The number of alkyl halides is 3. The van der Waals surface area contributed by atoms with Gasteiger partial charge in [0, 0.05) is 0 Å². The van der Waals surface area contributed by atoms with Gasteiger partial charge in [0.1, 0.15) is 5.60 Å². The van der Waals surface area contributed by atoms with Crippen LogP contribution in [0.3, 0.4) is 0 Å². The zero-order valence-electron chi connectivity index (χ0n) is 15.1. The van der Waals surface area contributed by atoms with Crippen LogP contribution in [0.5, 0.6) is 0 Å². The molecule has 0 spiro atoms. The summed E-state index contributed by atoms with van der Waals surface area (Å²) in [7, 11) is 0. The predicted molar refractivity (Wildman–Crippen MR) is 86.7 cm³/mol. The maximum Gasteiger partial charge on any atom is 0.426 e. The van der Waals surface area contributed by atoms with Gasteiger partial charge in [0.15, 0.2) is 0 Å². The number of hydrogen-bond acceptors (Lipinski definition) is 3. The standard InChI is InChI=1S/C17H23F3N2O3/c1-15(2,3)22(21-14(24)25-16(4,5)6)13(23)11-9-7-8-10-12(11)17(18,19)20/h7-10H,1-6H3,(H,21,24). The van der Waals surface area contributed by atoms with Gasteiger partial charge in [-0.25, -0.2) is 15.2 Å². The van der Waals surface area contributed by atoms with Crippen molar-refractivity contribution >= 4 is 12.0 Å². The number of nitrogens with one attached hydrogen (secondary N) is 1. The van der Waals surface area contributed by atoms with Gasteiger partial charge in [-0.1, -0.05) is 12.1 Å². The Morgan fingerprint density at radius 3 is 1.96 bits per heavy atom. The van der Waals surface area contributed by atoms with E-state index in [1.165, 1.54) is 12.1 Å². The molecule has 5 nitrogen and oxygen atoms in total. The molecule has 0 aliphatic rings. The number of amides is 2. The van der Waals surface area contributed by atoms with Crippen LogP contribution in [0, 0.1) is 0 Å². The number of halogens is 3. The number of nitrogens with zero attached hydrogens (tertiary/aromatic N) is 1. The van der Waals surface area contributed by atoms with Gasteiger partial charge in [-0.3, -0.25) is 4.79 Å². The summed E-state index contributed by atoms with van der Waals surface area (Å²) < 4.78 is 44.6. The molecule has 140 valence electrons. The fourth-order valence-corrected chi connectivity index (χ4v) is 1.95. The zero-order valence-corrected chi connectivity index (χ0v) is 15.1. The lowest BCUT2D eigenvalue weighted by atomic mass is 10.0. The van der Waals surface area contributed by atoms with Crippen molar-refractivity contribution in [1.82, 2.24) is 10.4 Å². The Labute approximate surface area is 145 Å². The number of carbonyl (C=O) groups is 2. The highest BCUT2D eigenvalue weighted by molar-refractivity contribution is 5.97. The van der Waals surface area contributed by atoms with E-state index in [0.29, 0.717) is 0 Å². The van der Waals surface area contributed by atoms with Crippen molar-refractivity contribution in [3.8, 4) is 0 Å². The van der Waals surface area contributed by atoms with E-state index in [2.05, 4.69) is 5.43 Å². The van der Waals surface area contributed by atoms with Gasteiger partial charge in [-0.15, -0.1) is 0 Å². The molecule has 0 fully saturated rings. The molecule has 1 aromatic carbocycles. The molecule has 0 atom stereocenters. The van der Waals surface area contributed by atoms with E-state index in [1.807, 2.05) is 0 Å². The summed E-state index contributed by atoms with van der Waals surface area (Å²) in [6.07, 6.45) is -5.62. The SMILES string of the molecule is CC(C)(C)OC(=O)NN(C(=O)c1ccccc1C(F)(F)F)C(C)(C)C. The van der Waals surface area contributed by atoms with Crippen LogP contribution < -0.4 is 5.43 Å². The van der Waals surface area contributed by atoms with E-state index in [0.717, 1.165) is 17.1 Å². The lowest BCUT2D eigenvalue weighted by molar-refractivity contribution is -0.138. The van der Waals surface area contributed by atoms with Crippen LogP contribution in [0.15, 0.2) is 24.3 Å². The number of rotatable bonds is 1. The number of hydrogen-bond donors (Lipinski definition) is 1. The van der Waals surface area contributed by atoms with Gasteiger partial charge >= 0.3 is 12.3 Å². The third-order valence-corrected chi connectivity index (χ3v) is 2.94. The molecule has 25 heavy (non-hydrogen) atoms. The van der Waals surface area contributed by atoms with Crippen molar-refractivity contribution in [2.45, 2.75) is 58.9 Å². The predicted octanol–water partition coefficient (Wildman–Crippen LogP) is 4.39. The lowest BCUT2D eigenvalue weighted by Gasteiger charge is -2.36. The Hall–Kier alpha value is -2.25. The van der Waals surface area contributed by atoms with Crippen molar-refractivity contribution in [2.75, 3.05) is 0 Å². The molecule has 1 aromatic rings. The van der Waals surface area contributed by atoms with Gasteiger partial charge in [0.05, 0.1) is 16.7 Å². The molecular formula is C17H23F3N2O3. The highest BCUT2D eigenvalue weighted by Gasteiger charge is 2.38. The summed E-state index contributed by atoms with van der Waals surface area (Å²) in [6, 6.07) is 4.42.